The fourth-order valence-electron chi connectivity index (χ4n) is 2.54. The number of cyclic esters (lactones) is 1. The van der Waals surface area contributed by atoms with Gasteiger partial charge in [-0.3, -0.25) is 4.79 Å². The molecule has 0 fully saturated rings. The Labute approximate surface area is 183 Å². The lowest BCUT2D eigenvalue weighted by Gasteiger charge is -2.11. The van der Waals surface area contributed by atoms with Gasteiger partial charge < -0.3 is 18.9 Å². The zero-order valence-corrected chi connectivity index (χ0v) is 18.8. The third-order valence-electron chi connectivity index (χ3n) is 3.83. The van der Waals surface area contributed by atoms with E-state index in [1.165, 1.54) is 14.0 Å². The summed E-state index contributed by atoms with van der Waals surface area (Å²) in [6, 6.07) is 8.54. The van der Waals surface area contributed by atoms with E-state index < -0.39 is 11.9 Å². The first-order chi connectivity index (χ1) is 13.8. The highest BCUT2D eigenvalue weighted by Crippen LogP contribution is 2.37. The lowest BCUT2D eigenvalue weighted by molar-refractivity contribution is -0.132. The molecule has 0 unspecified atom stereocenters. The van der Waals surface area contributed by atoms with Crippen LogP contribution in [-0.4, -0.2) is 32.1 Å². The third kappa shape index (κ3) is 4.68. The number of hydrogen-bond donors (Lipinski definition) is 0. The molecule has 2 aromatic rings. The van der Waals surface area contributed by atoms with Crippen molar-refractivity contribution in [3.63, 3.8) is 0 Å². The van der Waals surface area contributed by atoms with Gasteiger partial charge in [0, 0.05) is 11.4 Å². The molecule has 0 amide bonds. The van der Waals surface area contributed by atoms with E-state index in [9.17, 15) is 9.59 Å². The molecule has 0 saturated carbocycles. The average Bonchev–Trinajstić information content (AvgIpc) is 3.03. The highest BCUT2D eigenvalue weighted by atomic mass is 79.9. The standard InChI is InChI=1S/C20H15Br2NO6/c1-10(24)28-18-15(22)6-11(8-17(18)27-3)7-16-20(25)29-19(23-16)13-5-4-12(26-2)9-14(13)21/h4-9H,1-3H3. The van der Waals surface area contributed by atoms with Gasteiger partial charge in [-0.05, 0) is 73.8 Å². The van der Waals surface area contributed by atoms with Crippen LogP contribution < -0.4 is 14.2 Å². The summed E-state index contributed by atoms with van der Waals surface area (Å²) in [7, 11) is 3.02. The van der Waals surface area contributed by atoms with Gasteiger partial charge in [-0.15, -0.1) is 0 Å². The molecule has 0 spiro atoms. The van der Waals surface area contributed by atoms with Crippen molar-refractivity contribution in [1.82, 2.24) is 0 Å². The van der Waals surface area contributed by atoms with Crippen molar-refractivity contribution in [1.29, 1.82) is 0 Å². The van der Waals surface area contributed by atoms with Gasteiger partial charge in [-0.2, -0.15) is 0 Å². The Kier molecular flexibility index (Phi) is 6.39. The summed E-state index contributed by atoms with van der Waals surface area (Å²) in [6.45, 7) is 1.30. The third-order valence-corrected chi connectivity index (χ3v) is 5.07. The van der Waals surface area contributed by atoms with Crippen molar-refractivity contribution in [3.05, 3.63) is 56.1 Å². The number of methoxy groups -OCH3 is 2. The average molecular weight is 525 g/mol. The van der Waals surface area contributed by atoms with Crippen molar-refractivity contribution in [2.75, 3.05) is 14.2 Å². The maximum atomic E-state index is 12.3. The van der Waals surface area contributed by atoms with E-state index in [1.807, 2.05) is 0 Å². The quantitative estimate of drug-likeness (QED) is 0.325. The number of ether oxygens (including phenoxy) is 4. The number of aliphatic imine (C=N–C) groups is 1. The molecule has 150 valence electrons. The van der Waals surface area contributed by atoms with Gasteiger partial charge >= 0.3 is 11.9 Å². The molecule has 0 radical (unpaired) electrons. The molecule has 0 aliphatic carbocycles. The van der Waals surface area contributed by atoms with Crippen molar-refractivity contribution in [2.45, 2.75) is 6.92 Å². The largest absolute Gasteiger partial charge is 0.497 e. The molecule has 1 aliphatic heterocycles. The van der Waals surface area contributed by atoms with Crippen LogP contribution >= 0.6 is 31.9 Å². The summed E-state index contributed by atoms with van der Waals surface area (Å²) in [5, 5.41) is 0. The van der Waals surface area contributed by atoms with E-state index >= 15 is 0 Å². The summed E-state index contributed by atoms with van der Waals surface area (Å²) < 4.78 is 22.1. The Hall–Kier alpha value is -2.65. The summed E-state index contributed by atoms with van der Waals surface area (Å²) >= 11 is 6.77. The Morgan fingerprint density at radius 2 is 1.86 bits per heavy atom. The highest BCUT2D eigenvalue weighted by Gasteiger charge is 2.26. The summed E-state index contributed by atoms with van der Waals surface area (Å²) in [6.07, 6.45) is 1.55. The zero-order valence-electron chi connectivity index (χ0n) is 15.6. The molecule has 3 rings (SSSR count). The van der Waals surface area contributed by atoms with Crippen LogP contribution in [0, 0.1) is 0 Å². The maximum absolute atomic E-state index is 12.3. The van der Waals surface area contributed by atoms with E-state index in [0.29, 0.717) is 31.6 Å². The van der Waals surface area contributed by atoms with Gasteiger partial charge in [0.1, 0.15) is 5.75 Å². The van der Waals surface area contributed by atoms with Crippen molar-refractivity contribution < 1.29 is 28.5 Å². The number of carbonyl (C=O) groups excluding carboxylic acids is 2. The molecule has 0 aromatic heterocycles. The molecular formula is C20H15Br2NO6. The van der Waals surface area contributed by atoms with Gasteiger partial charge in [0.2, 0.25) is 5.90 Å². The SMILES string of the molecule is COc1ccc(C2=NC(=Cc3cc(Br)c(OC(C)=O)c(OC)c3)C(=O)O2)c(Br)c1. The molecule has 9 heteroatoms. The first-order valence-electron chi connectivity index (χ1n) is 8.24. The summed E-state index contributed by atoms with van der Waals surface area (Å²) in [5.41, 5.74) is 1.35. The van der Waals surface area contributed by atoms with Crippen LogP contribution in [0.15, 0.2) is 50.0 Å². The molecule has 0 atom stereocenters. The fourth-order valence-corrected chi connectivity index (χ4v) is 3.61. The second kappa shape index (κ2) is 8.79. The molecule has 0 bridgehead atoms. The fraction of sp³-hybridized carbons (Fsp3) is 0.150. The maximum Gasteiger partial charge on any atom is 0.363 e. The van der Waals surface area contributed by atoms with Crippen LogP contribution in [0.3, 0.4) is 0 Å². The number of halogens is 2. The lowest BCUT2D eigenvalue weighted by Crippen LogP contribution is -2.06. The van der Waals surface area contributed by atoms with E-state index in [1.54, 1.807) is 43.5 Å². The first-order valence-corrected chi connectivity index (χ1v) is 9.83. The predicted molar refractivity (Wildman–Crippen MR) is 113 cm³/mol. The lowest BCUT2D eigenvalue weighted by atomic mass is 10.1. The first kappa shape index (κ1) is 21.1. The predicted octanol–water partition coefficient (Wildman–Crippen LogP) is 4.50. The van der Waals surface area contributed by atoms with Crippen LogP contribution in [0.1, 0.15) is 18.1 Å². The number of hydrogen-bond acceptors (Lipinski definition) is 7. The Morgan fingerprint density at radius 1 is 1.10 bits per heavy atom. The highest BCUT2D eigenvalue weighted by molar-refractivity contribution is 9.10. The van der Waals surface area contributed by atoms with Crippen LogP contribution in [0.5, 0.6) is 17.2 Å². The van der Waals surface area contributed by atoms with E-state index in [-0.39, 0.29) is 17.3 Å². The Balaban J connectivity index is 1.97. The normalized spacial score (nSPS) is 14.4. The summed E-state index contributed by atoms with van der Waals surface area (Å²) in [5.74, 6) is 0.359. The van der Waals surface area contributed by atoms with Crippen LogP contribution in [0.2, 0.25) is 0 Å². The van der Waals surface area contributed by atoms with Crippen LogP contribution in [0.25, 0.3) is 6.08 Å². The molecule has 0 saturated heterocycles. The van der Waals surface area contributed by atoms with Crippen molar-refractivity contribution >= 4 is 55.8 Å². The molecular weight excluding hydrogens is 510 g/mol. The minimum Gasteiger partial charge on any atom is -0.497 e. The zero-order chi connectivity index (χ0) is 21.1. The number of nitrogens with zero attached hydrogens (tertiary/aromatic N) is 1. The minimum atomic E-state index is -0.582. The van der Waals surface area contributed by atoms with Gasteiger partial charge in [0.15, 0.2) is 17.2 Å². The monoisotopic (exact) mass is 523 g/mol. The number of esters is 2. The smallest absolute Gasteiger partial charge is 0.363 e. The van der Waals surface area contributed by atoms with E-state index in [4.69, 9.17) is 18.9 Å². The van der Waals surface area contributed by atoms with Gasteiger partial charge in [-0.1, -0.05) is 0 Å². The van der Waals surface area contributed by atoms with Gasteiger partial charge in [0.05, 0.1) is 24.3 Å². The second-order valence-electron chi connectivity index (χ2n) is 5.81. The topological polar surface area (TPSA) is 83.4 Å². The number of rotatable bonds is 5. The Bertz CT molecular complexity index is 1060. The summed E-state index contributed by atoms with van der Waals surface area (Å²) in [4.78, 5) is 27.9. The molecule has 1 aliphatic rings. The van der Waals surface area contributed by atoms with E-state index in [0.717, 1.165) is 0 Å². The van der Waals surface area contributed by atoms with Crippen molar-refractivity contribution in [3.8, 4) is 17.2 Å². The van der Waals surface area contributed by atoms with Crippen LogP contribution in [0.4, 0.5) is 0 Å². The van der Waals surface area contributed by atoms with E-state index in [2.05, 4.69) is 36.9 Å². The van der Waals surface area contributed by atoms with Gasteiger partial charge in [-0.25, -0.2) is 9.79 Å². The molecule has 29 heavy (non-hydrogen) atoms. The molecule has 7 nitrogen and oxygen atoms in total. The van der Waals surface area contributed by atoms with Gasteiger partial charge in [0.25, 0.3) is 0 Å². The Morgan fingerprint density at radius 3 is 2.48 bits per heavy atom. The number of benzene rings is 2. The molecule has 0 N–H and O–H groups in total. The molecule has 1 heterocycles. The molecule has 2 aromatic carbocycles. The minimum absolute atomic E-state index is 0.122. The number of carbonyl (C=O) groups is 2. The van der Waals surface area contributed by atoms with Crippen molar-refractivity contribution in [2.24, 2.45) is 4.99 Å². The second-order valence-corrected chi connectivity index (χ2v) is 7.52. The van der Waals surface area contributed by atoms with Crippen LogP contribution in [-0.2, 0) is 14.3 Å².